The molecule has 8 nitrogen and oxygen atoms in total. The molecule has 0 amide bonds. The van der Waals surface area contributed by atoms with E-state index in [1.54, 1.807) is 28.7 Å². The van der Waals surface area contributed by atoms with Crippen molar-refractivity contribution in [3.05, 3.63) is 259 Å². The second-order valence-electron chi connectivity index (χ2n) is 18.4. The summed E-state index contributed by atoms with van der Waals surface area (Å²) in [5, 5.41) is 24.5. The Balaban J connectivity index is 0.000000132. The summed E-state index contributed by atoms with van der Waals surface area (Å²) in [7, 11) is -1.47. The highest BCUT2D eigenvalue weighted by molar-refractivity contribution is 7.27. The molecule has 0 fully saturated rings. The zero-order valence-corrected chi connectivity index (χ0v) is 46.1. The van der Waals surface area contributed by atoms with Crippen molar-refractivity contribution in [3.63, 3.8) is 0 Å². The Bertz CT molecular complexity index is 4500. The van der Waals surface area contributed by atoms with Gasteiger partial charge in [0.15, 0.2) is 17.5 Å². The molecule has 0 saturated carbocycles. The van der Waals surface area contributed by atoms with E-state index in [0.29, 0.717) is 22.9 Å². The summed E-state index contributed by atoms with van der Waals surface area (Å²) in [6.07, 6.45) is 0. The van der Waals surface area contributed by atoms with Crippen LogP contribution in [-0.4, -0.2) is 47.1 Å². The third kappa shape index (κ3) is 11.1. The Morgan fingerprint density at radius 2 is 0.600 bits per heavy atom. The Labute approximate surface area is 484 Å². The van der Waals surface area contributed by atoms with Crippen molar-refractivity contribution in [2.75, 3.05) is 0 Å². The van der Waals surface area contributed by atoms with Crippen LogP contribution in [0, 0.1) is 0 Å². The van der Waals surface area contributed by atoms with Gasteiger partial charge in [0.05, 0.1) is 0 Å². The van der Waals surface area contributed by atoms with Gasteiger partial charge >= 0.3 is 7.12 Å². The van der Waals surface area contributed by atoms with E-state index in [9.17, 15) is 10.0 Å². The molecule has 0 spiro atoms. The molecule has 14 aromatic rings. The highest BCUT2D eigenvalue weighted by Gasteiger charge is 2.20. The summed E-state index contributed by atoms with van der Waals surface area (Å²) in [4.78, 5) is 25.3. The van der Waals surface area contributed by atoms with Crippen molar-refractivity contribution < 1.29 is 10.0 Å². The van der Waals surface area contributed by atoms with Gasteiger partial charge in [-0.2, -0.15) is 24.9 Å². The smallest absolute Gasteiger partial charge is 0.423 e. The van der Waals surface area contributed by atoms with E-state index in [2.05, 4.69) is 177 Å². The number of rotatable bonds is 8. The summed E-state index contributed by atoms with van der Waals surface area (Å²) < 4.78 is 4.47. The number of benzene rings is 10. The van der Waals surface area contributed by atoms with Crippen LogP contribution in [0.15, 0.2) is 243 Å². The van der Waals surface area contributed by atoms with Gasteiger partial charge in [0.2, 0.25) is 15.9 Å². The van der Waals surface area contributed by atoms with Crippen LogP contribution in [0.2, 0.25) is 15.9 Å². The lowest BCUT2D eigenvalue weighted by Crippen LogP contribution is -2.29. The van der Waals surface area contributed by atoms with Crippen LogP contribution in [0.1, 0.15) is 0 Å². The van der Waals surface area contributed by atoms with E-state index < -0.39 is 7.12 Å². The van der Waals surface area contributed by atoms with Crippen molar-refractivity contribution in [3.8, 4) is 78.7 Å². The first-order chi connectivity index (χ1) is 39.2. The van der Waals surface area contributed by atoms with Gasteiger partial charge in [0, 0.05) is 51.6 Å². The normalized spacial score (nSPS) is 11.1. The molecule has 0 aliphatic carbocycles. The van der Waals surface area contributed by atoms with Crippen LogP contribution in [0.5, 0.6) is 0 Å². The van der Waals surface area contributed by atoms with E-state index in [0.717, 1.165) is 52.7 Å². The van der Waals surface area contributed by atoms with E-state index in [4.69, 9.17) is 39.8 Å². The summed E-state index contributed by atoms with van der Waals surface area (Å²) in [6.45, 7) is 0. The topological polar surface area (TPSA) is 118 Å². The number of hydrogen-bond acceptors (Lipinski definition) is 10. The second-order valence-corrected chi connectivity index (χ2v) is 21.5. The molecule has 384 valence electrons. The fourth-order valence-electron chi connectivity index (χ4n) is 9.72. The molecule has 4 heterocycles. The molecule has 0 aliphatic heterocycles. The van der Waals surface area contributed by atoms with Crippen LogP contribution in [-0.2, 0) is 0 Å². The van der Waals surface area contributed by atoms with Gasteiger partial charge in [-0.1, -0.05) is 224 Å². The molecule has 0 bridgehead atoms. The summed E-state index contributed by atoms with van der Waals surface area (Å²) in [6, 6.07) is 82.3. The largest absolute Gasteiger partial charge is 0.489 e. The fraction of sp³-hybridized carbons (Fsp3) is 0. The molecule has 14 rings (SSSR count). The van der Waals surface area contributed by atoms with Gasteiger partial charge in [-0.05, 0) is 108 Å². The standard InChI is InChI=1S/C33H20ClN3S.C24H17BO2S.C9H5Cl2N3/c34-33-36-31(22-12-5-2-6-13-22)35-32(37-33)28-19-9-18-27-26-17-8-16-25(29(26)38-30(27)28)24-15-7-14-23(20-24)21-10-3-1-4-11-21;26-25(27)22-14-6-13-21-20-12-5-11-19(23(20)28-24(21)22)18-10-4-9-17(15-18)16-7-2-1-3-8-16;10-8-12-7(13-9(11)14-8)6-4-2-1-3-5-6/h1-20H;1-15,26-27H;1-5H. The maximum Gasteiger partial charge on any atom is 0.489 e. The van der Waals surface area contributed by atoms with Crippen LogP contribution in [0.4, 0.5) is 0 Å². The van der Waals surface area contributed by atoms with Crippen molar-refractivity contribution in [1.29, 1.82) is 0 Å². The quantitative estimate of drug-likeness (QED) is 0.145. The SMILES string of the molecule is Clc1nc(-c2ccccc2)nc(-c2cccc3c2sc2c(-c4cccc(-c5ccccc5)c4)cccc23)n1.Clc1nc(Cl)nc(-c2ccccc2)n1.OB(O)c1cccc2c1sc1c(-c3cccc(-c4ccccc4)c3)cccc12. The zero-order valence-electron chi connectivity index (χ0n) is 42.2. The number of hydrogen-bond donors (Lipinski definition) is 2. The summed E-state index contributed by atoms with van der Waals surface area (Å²) >= 11 is 21.1. The Hall–Kier alpha value is -8.49. The van der Waals surface area contributed by atoms with Gasteiger partial charge in [0.25, 0.3) is 0 Å². The average molecular weight is 1130 g/mol. The van der Waals surface area contributed by atoms with Gasteiger partial charge in [0.1, 0.15) is 0 Å². The van der Waals surface area contributed by atoms with Crippen molar-refractivity contribution in [1.82, 2.24) is 29.9 Å². The van der Waals surface area contributed by atoms with E-state index in [1.807, 2.05) is 84.9 Å². The van der Waals surface area contributed by atoms with E-state index in [1.165, 1.54) is 48.9 Å². The van der Waals surface area contributed by atoms with Crippen LogP contribution >= 0.6 is 57.5 Å². The highest BCUT2D eigenvalue weighted by Crippen LogP contribution is 2.44. The minimum Gasteiger partial charge on any atom is -0.423 e. The maximum absolute atomic E-state index is 9.76. The first kappa shape index (κ1) is 52.2. The highest BCUT2D eigenvalue weighted by atomic mass is 35.5. The molecule has 0 atom stereocenters. The monoisotopic (exact) mass is 1130 g/mol. The van der Waals surface area contributed by atoms with Crippen molar-refractivity contribution in [2.24, 2.45) is 0 Å². The molecule has 14 heteroatoms. The first-order valence-corrected chi connectivity index (χ1v) is 28.2. The molecule has 0 aliphatic rings. The molecule has 0 radical (unpaired) electrons. The van der Waals surface area contributed by atoms with E-state index >= 15 is 0 Å². The average Bonchev–Trinajstić information content (AvgIpc) is 4.21. The second kappa shape index (κ2) is 23.5. The van der Waals surface area contributed by atoms with Crippen LogP contribution in [0.3, 0.4) is 0 Å². The Morgan fingerprint density at radius 1 is 0.275 bits per heavy atom. The van der Waals surface area contributed by atoms with Crippen molar-refractivity contribution >= 4 is 110 Å². The number of nitrogens with zero attached hydrogens (tertiary/aromatic N) is 6. The summed E-state index contributed by atoms with van der Waals surface area (Å²) in [5.41, 5.74) is 12.8. The lowest BCUT2D eigenvalue weighted by atomic mass is 9.80. The fourth-order valence-corrected chi connectivity index (χ4v) is 13.0. The molecular weight excluding hydrogens is 1090 g/mol. The predicted molar refractivity (Wildman–Crippen MR) is 335 cm³/mol. The maximum atomic E-state index is 9.76. The lowest BCUT2D eigenvalue weighted by Gasteiger charge is -2.07. The number of thiophene rings is 2. The molecule has 0 saturated heterocycles. The molecule has 2 N–H and O–H groups in total. The first-order valence-electron chi connectivity index (χ1n) is 25.4. The molecule has 80 heavy (non-hydrogen) atoms. The zero-order chi connectivity index (χ0) is 54.5. The predicted octanol–water partition coefficient (Wildman–Crippen LogP) is 17.5. The van der Waals surface area contributed by atoms with Crippen molar-refractivity contribution in [2.45, 2.75) is 0 Å². The Kier molecular flexibility index (Phi) is 15.3. The minimum absolute atomic E-state index is 0.101. The van der Waals surface area contributed by atoms with Crippen LogP contribution < -0.4 is 5.46 Å². The number of fused-ring (bicyclic) bond motifs is 6. The molecular formula is C66H42BCl3N6O2S2. The number of aromatic nitrogens is 6. The third-order valence-corrected chi connectivity index (χ3v) is 16.5. The van der Waals surface area contributed by atoms with E-state index in [-0.39, 0.29) is 15.9 Å². The molecule has 0 unspecified atom stereocenters. The summed E-state index contributed by atoms with van der Waals surface area (Å²) in [5.74, 6) is 1.63. The van der Waals surface area contributed by atoms with Crippen LogP contribution in [0.25, 0.3) is 119 Å². The van der Waals surface area contributed by atoms with Gasteiger partial charge in [-0.15, -0.1) is 22.7 Å². The minimum atomic E-state index is -1.47. The molecule has 4 aromatic heterocycles. The third-order valence-electron chi connectivity index (χ3n) is 13.4. The molecule has 10 aromatic carbocycles. The van der Waals surface area contributed by atoms with Gasteiger partial charge in [-0.25, -0.2) is 4.98 Å². The number of halogens is 3. The van der Waals surface area contributed by atoms with Gasteiger partial charge in [-0.3, -0.25) is 0 Å². The van der Waals surface area contributed by atoms with Gasteiger partial charge < -0.3 is 10.0 Å². The Morgan fingerprint density at radius 3 is 1.06 bits per heavy atom. The lowest BCUT2D eigenvalue weighted by molar-refractivity contribution is 0.426.